The minimum Gasteiger partial charge on any atom is -0.493 e. The molecule has 4 aliphatic heterocycles. The highest BCUT2D eigenvalue weighted by molar-refractivity contribution is 5.72. The molecule has 14 aromatic rings. The van der Waals surface area contributed by atoms with Crippen LogP contribution in [0.5, 0.6) is 23.0 Å². The van der Waals surface area contributed by atoms with Crippen molar-refractivity contribution in [2.45, 2.75) is 99.8 Å². The Balaban J connectivity index is 0.000000124. The highest BCUT2D eigenvalue weighted by Gasteiger charge is 2.26. The van der Waals surface area contributed by atoms with Crippen molar-refractivity contribution in [1.29, 1.82) is 0 Å². The number of anilines is 4. The molecule has 4 atom stereocenters. The molecule has 18 rings (SSSR count). The molecule has 0 aliphatic carbocycles. The van der Waals surface area contributed by atoms with Gasteiger partial charge < -0.3 is 59.0 Å². The van der Waals surface area contributed by atoms with Crippen LogP contribution >= 0.6 is 0 Å². The van der Waals surface area contributed by atoms with Gasteiger partial charge in [0.25, 0.3) is 22.2 Å². The van der Waals surface area contributed by atoms with Crippen molar-refractivity contribution in [1.82, 2.24) is 87.2 Å². The molecule has 618 valence electrons. The summed E-state index contributed by atoms with van der Waals surface area (Å²) in [5, 5.41) is 16.2. The summed E-state index contributed by atoms with van der Waals surface area (Å²) >= 11 is 0. The number of aryl methyl sites for hydroxylation is 6. The Morgan fingerprint density at radius 2 is 0.824 bits per heavy atom. The van der Waals surface area contributed by atoms with Gasteiger partial charge in [0.2, 0.25) is 0 Å². The molecule has 4 aliphatic rings. The van der Waals surface area contributed by atoms with E-state index >= 15 is 0 Å². The van der Waals surface area contributed by atoms with Gasteiger partial charge >= 0.3 is 0 Å². The topological polar surface area (TPSA) is 278 Å². The van der Waals surface area contributed by atoms with Gasteiger partial charge in [-0.05, 0) is 192 Å². The van der Waals surface area contributed by atoms with E-state index in [2.05, 4.69) is 120 Å². The quantitative estimate of drug-likeness (QED) is 0.115. The van der Waals surface area contributed by atoms with Gasteiger partial charge in [0.15, 0.2) is 23.0 Å². The Bertz CT molecular complexity index is 6400. The zero-order valence-electron chi connectivity index (χ0n) is 70.6. The molecule has 0 saturated carbocycles. The number of aromatic nitrogens is 14. The Morgan fingerprint density at radius 1 is 0.378 bits per heavy atom. The third kappa shape index (κ3) is 17.5. The number of ether oxygens (including phenoxy) is 4. The van der Waals surface area contributed by atoms with Crippen molar-refractivity contribution in [2.24, 2.45) is 0 Å². The van der Waals surface area contributed by atoms with Crippen LogP contribution in [-0.4, -0.2) is 222 Å². The molecule has 12 aromatic heterocycles. The molecular weight excluding hydrogens is 1510 g/mol. The van der Waals surface area contributed by atoms with Crippen LogP contribution in [0, 0.1) is 41.5 Å². The van der Waals surface area contributed by atoms with Crippen LogP contribution in [0.25, 0.3) is 78.9 Å². The second-order valence-corrected chi connectivity index (χ2v) is 31.7. The Morgan fingerprint density at radius 3 is 1.31 bits per heavy atom. The summed E-state index contributed by atoms with van der Waals surface area (Å²) in [6.45, 7) is 32.1. The number of nitrogens with zero attached hydrogens (tertiary/aromatic N) is 20. The van der Waals surface area contributed by atoms with Gasteiger partial charge in [-0.15, -0.1) is 0 Å². The SMILES string of the molecule is COc1ccc(-c2cc(=O)n3cc(N4CCN(C)[C@H](C)C4)cc(C)c3n2)cc1OC.COc1ccc(-c2cc(=O)n3cc(N4C[C@@H](C)N[C@@H](C)C4)cc(C)c3n2)cc1OC.Cc1cn2nc(-c3cc(=O)n4cc(N5CCCN(C)CC5)ccc4n3)cc2c(C)n1.Cc1cn2nc(-c3cc(=O)n4cc(N5CCN[C@H](C)C5)ccc4n3)cc2c(C)n1. The number of rotatable bonds is 12. The van der Waals surface area contributed by atoms with Gasteiger partial charge in [0.05, 0.1) is 120 Å². The summed E-state index contributed by atoms with van der Waals surface area (Å²) in [4.78, 5) is 93.7. The molecule has 0 unspecified atom stereocenters. The smallest absolute Gasteiger partial charge is 0.258 e. The number of nitrogens with one attached hydrogen (secondary N) is 2. The molecule has 0 bridgehead atoms. The number of pyridine rings is 4. The van der Waals surface area contributed by atoms with Gasteiger partial charge in [-0.25, -0.2) is 29.0 Å². The molecule has 4 fully saturated rings. The lowest BCUT2D eigenvalue weighted by Crippen LogP contribution is -2.54. The molecule has 2 N–H and O–H groups in total. The van der Waals surface area contributed by atoms with Crippen molar-refractivity contribution in [3.63, 3.8) is 0 Å². The Hall–Kier alpha value is -12.6. The van der Waals surface area contributed by atoms with Crippen LogP contribution in [0.4, 0.5) is 22.7 Å². The van der Waals surface area contributed by atoms with Crippen LogP contribution in [0.1, 0.15) is 68.0 Å². The van der Waals surface area contributed by atoms with Gasteiger partial charge in [-0.3, -0.25) is 46.7 Å². The number of piperazine rings is 3. The fraction of sp³-hybridized carbons (Fsp3) is 0.371. The lowest BCUT2D eigenvalue weighted by atomic mass is 10.1. The molecule has 16 heterocycles. The molecule has 0 spiro atoms. The van der Waals surface area contributed by atoms with E-state index in [9.17, 15) is 19.2 Å². The minimum absolute atomic E-state index is 0.100. The first-order valence-electron chi connectivity index (χ1n) is 40.4. The number of hydrogen-bond acceptors (Lipinski definition) is 24. The number of benzene rings is 2. The lowest BCUT2D eigenvalue weighted by molar-refractivity contribution is 0.234. The standard InChI is InChI=1S/2C23H28N4O3.C22H25N7O.C21H23N7O/c1-14-8-18(26-11-15(2)24-16(3)12-26)13-27-22(28)10-19(25-23(14)27)17-6-7-20(29-4)21(9-17)30-5;1-15-10-18(26-9-8-25(3)16(2)13-26)14-27-22(28)12-19(24-23(15)27)17-6-7-20(29-4)21(11-17)30-5;1-15-13-29-20(16(2)23-15)11-19(25-29)18-12-22(30)28-14-17(5-6-21(28)24-18)27-8-4-7-26(3)9-10-27;1-13-10-26(7-6-22-13)16-4-5-20-24-17(9-21(29)27(20)12-16)18-8-19-15(3)23-14(2)11-28(19)25-18/h6-10,13,15-16,24H,11-12H2,1-5H3;6-7,10-12,14,16H,8-9,13H2,1-5H3;5-6,11-14H,4,7-10H2,1-3H3;4-5,8-9,11-13,22H,6-7,10H2,1-3H3/t15-,16+;16-;;13-/m.1.1/s1. The maximum absolute atomic E-state index is 13.0. The molecular formula is C89H104N22O8. The molecule has 0 amide bonds. The van der Waals surface area contributed by atoms with E-state index in [4.69, 9.17) is 38.9 Å². The van der Waals surface area contributed by atoms with Crippen molar-refractivity contribution in [3.05, 3.63) is 222 Å². The molecule has 0 radical (unpaired) electrons. The third-order valence-electron chi connectivity index (χ3n) is 22.6. The monoisotopic (exact) mass is 1610 g/mol. The normalized spacial score (nSPS) is 17.4. The average molecular weight is 1610 g/mol. The van der Waals surface area contributed by atoms with E-state index in [0.717, 1.165) is 164 Å². The second kappa shape index (κ2) is 34.5. The van der Waals surface area contributed by atoms with E-state index < -0.39 is 0 Å². The van der Waals surface area contributed by atoms with Crippen molar-refractivity contribution >= 4 is 56.4 Å². The maximum atomic E-state index is 13.0. The first-order chi connectivity index (χ1) is 57.2. The van der Waals surface area contributed by atoms with E-state index in [1.165, 1.54) is 0 Å². The minimum atomic E-state index is -0.113. The zero-order valence-corrected chi connectivity index (χ0v) is 70.6. The van der Waals surface area contributed by atoms with E-state index in [1.807, 2.05) is 145 Å². The summed E-state index contributed by atoms with van der Waals surface area (Å²) in [7, 11) is 10.7. The predicted molar refractivity (Wildman–Crippen MR) is 468 cm³/mol. The van der Waals surface area contributed by atoms with Crippen molar-refractivity contribution in [3.8, 4) is 68.3 Å². The molecule has 2 aromatic carbocycles. The fourth-order valence-corrected chi connectivity index (χ4v) is 16.3. The summed E-state index contributed by atoms with van der Waals surface area (Å²) in [6, 6.07) is 35.0. The number of likely N-dealkylation sites (N-methyl/N-ethyl adjacent to an activating group) is 2. The Labute approximate surface area is 689 Å². The molecule has 4 saturated heterocycles. The van der Waals surface area contributed by atoms with Crippen LogP contribution in [0.2, 0.25) is 0 Å². The third-order valence-corrected chi connectivity index (χ3v) is 22.6. The van der Waals surface area contributed by atoms with E-state index in [1.54, 1.807) is 79.3 Å². The molecule has 30 nitrogen and oxygen atoms in total. The summed E-state index contributed by atoms with van der Waals surface area (Å²) in [6.07, 6.45) is 12.5. The highest BCUT2D eigenvalue weighted by atomic mass is 16.5. The van der Waals surface area contributed by atoms with Gasteiger partial charge in [-0.1, -0.05) is 0 Å². The van der Waals surface area contributed by atoms with Crippen LogP contribution in [-0.2, 0) is 0 Å². The first kappa shape index (κ1) is 81.5. The van der Waals surface area contributed by atoms with E-state index in [-0.39, 0.29) is 22.2 Å². The molecule has 119 heavy (non-hydrogen) atoms. The Kier molecular flexibility index (Phi) is 23.6. The average Bonchev–Trinajstić information content (AvgIpc) is 1.49. The zero-order chi connectivity index (χ0) is 83.8. The number of methoxy groups -OCH3 is 4. The van der Waals surface area contributed by atoms with Gasteiger partial charge in [0, 0.05) is 156 Å². The van der Waals surface area contributed by atoms with Crippen LogP contribution in [0.15, 0.2) is 166 Å². The van der Waals surface area contributed by atoms with E-state index in [0.29, 0.717) is 104 Å². The van der Waals surface area contributed by atoms with Gasteiger partial charge in [-0.2, -0.15) is 10.2 Å². The highest BCUT2D eigenvalue weighted by Crippen LogP contribution is 2.35. The summed E-state index contributed by atoms with van der Waals surface area (Å²) in [5.41, 5.74) is 19.0. The van der Waals surface area contributed by atoms with Crippen LogP contribution in [0.3, 0.4) is 0 Å². The van der Waals surface area contributed by atoms with Crippen molar-refractivity contribution < 1.29 is 18.9 Å². The maximum Gasteiger partial charge on any atom is 0.258 e. The van der Waals surface area contributed by atoms with Crippen LogP contribution < -0.4 is 71.4 Å². The number of hydrogen-bond donors (Lipinski definition) is 2. The second-order valence-electron chi connectivity index (χ2n) is 31.7. The fourth-order valence-electron chi connectivity index (χ4n) is 16.3. The number of fused-ring (bicyclic) bond motifs is 6. The first-order valence-corrected chi connectivity index (χ1v) is 40.4. The van der Waals surface area contributed by atoms with Gasteiger partial charge in [0.1, 0.15) is 34.0 Å². The summed E-state index contributed by atoms with van der Waals surface area (Å²) < 4.78 is 31.5. The molecule has 30 heteroatoms. The van der Waals surface area contributed by atoms with Crippen molar-refractivity contribution in [2.75, 3.05) is 141 Å². The largest absolute Gasteiger partial charge is 0.493 e. The predicted octanol–water partition coefficient (Wildman–Crippen LogP) is 9.68. The lowest BCUT2D eigenvalue weighted by Gasteiger charge is -2.39. The summed E-state index contributed by atoms with van der Waals surface area (Å²) in [5.74, 6) is 2.49.